The fraction of sp³-hybridized carbons (Fsp3) is 0.320. The molecule has 0 bridgehead atoms. The Balaban J connectivity index is 1.53. The lowest BCUT2D eigenvalue weighted by molar-refractivity contribution is 0.131. The molecule has 1 amide bonds. The number of hydrogen-bond donors (Lipinski definition) is 2. The Kier molecular flexibility index (Phi) is 6.38. The summed E-state index contributed by atoms with van der Waals surface area (Å²) >= 11 is 0. The molecule has 2 N–H and O–H groups in total. The molecule has 4 aromatic rings. The Labute approximate surface area is 207 Å². The van der Waals surface area contributed by atoms with Crippen LogP contribution >= 0.6 is 0 Å². The zero-order valence-electron chi connectivity index (χ0n) is 20.5. The van der Waals surface area contributed by atoms with Gasteiger partial charge in [0.1, 0.15) is 5.39 Å². The molecular formula is C25H28N8O3. The van der Waals surface area contributed by atoms with Crippen molar-refractivity contribution in [2.45, 2.75) is 33.0 Å². The molecule has 4 heterocycles. The minimum absolute atomic E-state index is 0.177. The van der Waals surface area contributed by atoms with Crippen LogP contribution in [0.25, 0.3) is 16.7 Å². The molecule has 0 unspecified atom stereocenters. The summed E-state index contributed by atoms with van der Waals surface area (Å²) in [4.78, 5) is 39.9. The number of carbonyl (C=O) groups is 1. The SMILES string of the molecule is CCn1c(=O)c2cnc(Nc3ccc4c(c3)CNCC4)nc2n1-c1ccnc(CN(C)C(=O)OC)c1. The molecule has 0 radical (unpaired) electrons. The van der Waals surface area contributed by atoms with E-state index >= 15 is 0 Å². The Bertz CT molecular complexity index is 1490. The molecule has 36 heavy (non-hydrogen) atoms. The van der Waals surface area contributed by atoms with Gasteiger partial charge in [-0.2, -0.15) is 4.98 Å². The average Bonchev–Trinajstić information content (AvgIpc) is 3.18. The summed E-state index contributed by atoms with van der Waals surface area (Å²) in [5.41, 5.74) is 5.14. The highest BCUT2D eigenvalue weighted by atomic mass is 16.5. The van der Waals surface area contributed by atoms with Gasteiger partial charge in [0.15, 0.2) is 5.65 Å². The van der Waals surface area contributed by atoms with Gasteiger partial charge in [-0.05, 0) is 55.3 Å². The molecule has 11 heteroatoms. The lowest BCUT2D eigenvalue weighted by atomic mass is 10.0. The first kappa shape index (κ1) is 23.5. The second-order valence-corrected chi connectivity index (χ2v) is 8.63. The van der Waals surface area contributed by atoms with Crippen molar-refractivity contribution in [1.29, 1.82) is 0 Å². The van der Waals surface area contributed by atoms with Crippen molar-refractivity contribution >= 4 is 28.8 Å². The number of carbonyl (C=O) groups excluding carboxylic acids is 1. The van der Waals surface area contributed by atoms with E-state index in [1.54, 1.807) is 34.9 Å². The summed E-state index contributed by atoms with van der Waals surface area (Å²) in [5.74, 6) is 0.396. The molecule has 0 aliphatic carbocycles. The molecule has 0 saturated heterocycles. The first-order chi connectivity index (χ1) is 17.5. The topological polar surface area (TPSA) is 119 Å². The van der Waals surface area contributed by atoms with E-state index in [1.807, 2.05) is 19.1 Å². The van der Waals surface area contributed by atoms with Gasteiger partial charge in [-0.15, -0.1) is 0 Å². The first-order valence-corrected chi connectivity index (χ1v) is 11.8. The van der Waals surface area contributed by atoms with Gasteiger partial charge in [-0.25, -0.2) is 19.1 Å². The van der Waals surface area contributed by atoms with Crippen molar-refractivity contribution in [2.24, 2.45) is 0 Å². The van der Waals surface area contributed by atoms with Crippen molar-refractivity contribution in [3.63, 3.8) is 0 Å². The highest BCUT2D eigenvalue weighted by Gasteiger charge is 2.18. The number of methoxy groups -OCH3 is 1. The standard InChI is InChI=1S/C25H28N8O3/c1-4-32-23(34)21-14-28-24(29-18-6-5-16-7-9-26-13-17(16)11-18)30-22(21)33(32)20-8-10-27-19(12-20)15-31(2)25(35)36-3/h5-6,8,10-12,14,26H,4,7,9,13,15H2,1-3H3,(H,28,29,30). The smallest absolute Gasteiger partial charge is 0.409 e. The second kappa shape index (κ2) is 9.78. The first-order valence-electron chi connectivity index (χ1n) is 11.8. The third-order valence-corrected chi connectivity index (χ3v) is 6.25. The molecule has 1 aliphatic heterocycles. The monoisotopic (exact) mass is 488 g/mol. The number of aromatic nitrogens is 5. The van der Waals surface area contributed by atoms with Crippen LogP contribution in [0.1, 0.15) is 23.7 Å². The number of benzene rings is 1. The number of ether oxygens (including phenoxy) is 1. The fourth-order valence-corrected chi connectivity index (χ4v) is 4.47. The summed E-state index contributed by atoms with van der Waals surface area (Å²) in [6.07, 6.45) is 3.76. The number of pyridine rings is 1. The van der Waals surface area contributed by atoms with Gasteiger partial charge in [0.05, 0.1) is 25.0 Å². The third kappa shape index (κ3) is 4.40. The van der Waals surface area contributed by atoms with Gasteiger partial charge in [0.25, 0.3) is 5.56 Å². The van der Waals surface area contributed by atoms with Crippen molar-refractivity contribution in [3.05, 3.63) is 69.9 Å². The lowest BCUT2D eigenvalue weighted by Gasteiger charge is -2.18. The van der Waals surface area contributed by atoms with Gasteiger partial charge in [0, 0.05) is 38.2 Å². The number of nitrogens with zero attached hydrogens (tertiary/aromatic N) is 6. The van der Waals surface area contributed by atoms with Gasteiger partial charge in [-0.3, -0.25) is 9.78 Å². The van der Waals surface area contributed by atoms with E-state index in [0.29, 0.717) is 34.9 Å². The molecule has 0 spiro atoms. The summed E-state index contributed by atoms with van der Waals surface area (Å²) in [7, 11) is 2.97. The van der Waals surface area contributed by atoms with Gasteiger partial charge < -0.3 is 20.3 Å². The van der Waals surface area contributed by atoms with E-state index < -0.39 is 6.09 Å². The van der Waals surface area contributed by atoms with Crippen LogP contribution < -0.4 is 16.2 Å². The van der Waals surface area contributed by atoms with Gasteiger partial charge in [0.2, 0.25) is 5.95 Å². The summed E-state index contributed by atoms with van der Waals surface area (Å²) < 4.78 is 8.15. The van der Waals surface area contributed by atoms with Crippen LogP contribution in [0.15, 0.2) is 47.5 Å². The molecule has 1 aromatic carbocycles. The van der Waals surface area contributed by atoms with Crippen LogP contribution in [0.3, 0.4) is 0 Å². The van der Waals surface area contributed by atoms with Crippen molar-refractivity contribution < 1.29 is 9.53 Å². The number of rotatable bonds is 6. The van der Waals surface area contributed by atoms with Crippen LogP contribution in [0, 0.1) is 0 Å². The minimum Gasteiger partial charge on any atom is -0.453 e. The Hall–Kier alpha value is -4.25. The van der Waals surface area contributed by atoms with E-state index in [4.69, 9.17) is 9.72 Å². The Morgan fingerprint density at radius 1 is 1.22 bits per heavy atom. The Morgan fingerprint density at radius 2 is 2.08 bits per heavy atom. The van der Waals surface area contributed by atoms with Crippen LogP contribution in [0.4, 0.5) is 16.4 Å². The van der Waals surface area contributed by atoms with E-state index in [1.165, 1.54) is 23.1 Å². The maximum Gasteiger partial charge on any atom is 0.409 e. The molecule has 186 valence electrons. The van der Waals surface area contributed by atoms with Gasteiger partial charge in [-0.1, -0.05) is 6.07 Å². The minimum atomic E-state index is -0.458. The van der Waals surface area contributed by atoms with Gasteiger partial charge >= 0.3 is 6.09 Å². The van der Waals surface area contributed by atoms with E-state index in [0.717, 1.165) is 25.2 Å². The highest BCUT2D eigenvalue weighted by molar-refractivity contribution is 5.77. The number of amides is 1. The highest BCUT2D eigenvalue weighted by Crippen LogP contribution is 2.23. The quantitative estimate of drug-likeness (QED) is 0.425. The molecule has 0 saturated carbocycles. The number of nitrogens with one attached hydrogen (secondary N) is 2. The van der Waals surface area contributed by atoms with Crippen molar-refractivity contribution in [3.8, 4) is 5.69 Å². The van der Waals surface area contributed by atoms with Crippen LogP contribution in [0.5, 0.6) is 0 Å². The van der Waals surface area contributed by atoms with E-state index in [9.17, 15) is 9.59 Å². The molecule has 11 nitrogen and oxygen atoms in total. The number of fused-ring (bicyclic) bond motifs is 2. The number of anilines is 2. The lowest BCUT2D eigenvalue weighted by Crippen LogP contribution is -2.26. The number of hydrogen-bond acceptors (Lipinski definition) is 8. The predicted molar refractivity (Wildman–Crippen MR) is 136 cm³/mol. The molecule has 0 atom stereocenters. The molecule has 3 aromatic heterocycles. The Morgan fingerprint density at radius 3 is 2.89 bits per heavy atom. The maximum atomic E-state index is 13.1. The average molecular weight is 489 g/mol. The van der Waals surface area contributed by atoms with Crippen LogP contribution in [0.2, 0.25) is 0 Å². The van der Waals surface area contributed by atoms with E-state index in [2.05, 4.69) is 32.7 Å². The maximum absolute atomic E-state index is 13.1. The molecule has 0 fully saturated rings. The predicted octanol–water partition coefficient (Wildman–Crippen LogP) is 2.58. The van der Waals surface area contributed by atoms with Crippen molar-refractivity contribution in [2.75, 3.05) is 26.0 Å². The molecule has 1 aliphatic rings. The normalized spacial score (nSPS) is 12.9. The zero-order valence-corrected chi connectivity index (χ0v) is 20.5. The summed E-state index contributed by atoms with van der Waals surface area (Å²) in [6.45, 7) is 4.42. The van der Waals surface area contributed by atoms with E-state index in [-0.39, 0.29) is 12.1 Å². The summed E-state index contributed by atoms with van der Waals surface area (Å²) in [6, 6.07) is 9.89. The summed E-state index contributed by atoms with van der Waals surface area (Å²) in [5, 5.41) is 7.09. The van der Waals surface area contributed by atoms with Crippen molar-refractivity contribution in [1.82, 2.24) is 34.5 Å². The molecule has 5 rings (SSSR count). The second-order valence-electron chi connectivity index (χ2n) is 8.63. The zero-order chi connectivity index (χ0) is 25.2. The largest absolute Gasteiger partial charge is 0.453 e. The third-order valence-electron chi connectivity index (χ3n) is 6.25. The molecular weight excluding hydrogens is 460 g/mol. The fourth-order valence-electron chi connectivity index (χ4n) is 4.47. The van der Waals surface area contributed by atoms with Crippen LogP contribution in [-0.2, 0) is 30.8 Å². The van der Waals surface area contributed by atoms with Crippen LogP contribution in [-0.4, -0.2) is 56.0 Å².